The second-order valence-corrected chi connectivity index (χ2v) is 7.11. The van der Waals surface area contributed by atoms with Crippen LogP contribution in [0.4, 0.5) is 0 Å². The summed E-state index contributed by atoms with van der Waals surface area (Å²) in [5.74, 6) is 0.716. The standard InChI is InChI=1S/C16H20N4OS/c21-16(14-11-22-15(18-14)12-5-6-12)20-9-2-1-4-13(20)10-19-8-3-7-17-19/h3,7-8,11-13H,1-2,4-6,9-10H2/t13-/m1/s1. The quantitative estimate of drug-likeness (QED) is 0.871. The van der Waals surface area contributed by atoms with Gasteiger partial charge in [0.1, 0.15) is 5.69 Å². The highest BCUT2D eigenvalue weighted by Crippen LogP contribution is 2.41. The molecule has 3 heterocycles. The summed E-state index contributed by atoms with van der Waals surface area (Å²) in [6.07, 6.45) is 9.52. The van der Waals surface area contributed by atoms with Gasteiger partial charge >= 0.3 is 0 Å². The predicted octanol–water partition coefficient (Wildman–Crippen LogP) is 2.91. The van der Waals surface area contributed by atoms with Crippen LogP contribution in [-0.4, -0.2) is 38.2 Å². The number of carbonyl (C=O) groups is 1. The third-order valence-electron chi connectivity index (χ3n) is 4.51. The molecule has 1 aliphatic heterocycles. The summed E-state index contributed by atoms with van der Waals surface area (Å²) in [5, 5.41) is 7.36. The van der Waals surface area contributed by atoms with Crippen LogP contribution in [0.2, 0.25) is 0 Å². The summed E-state index contributed by atoms with van der Waals surface area (Å²) >= 11 is 1.64. The number of thiazole rings is 1. The van der Waals surface area contributed by atoms with Gasteiger partial charge in [0, 0.05) is 30.2 Å². The number of piperidine rings is 1. The van der Waals surface area contributed by atoms with Crippen LogP contribution >= 0.6 is 11.3 Å². The van der Waals surface area contributed by atoms with Crippen LogP contribution in [0.25, 0.3) is 0 Å². The van der Waals surface area contributed by atoms with Gasteiger partial charge in [-0.2, -0.15) is 5.10 Å². The van der Waals surface area contributed by atoms with Crippen molar-refractivity contribution in [1.82, 2.24) is 19.7 Å². The van der Waals surface area contributed by atoms with Crippen LogP contribution in [0.1, 0.15) is 53.5 Å². The number of amides is 1. The first-order chi connectivity index (χ1) is 10.8. The third kappa shape index (κ3) is 2.79. The van der Waals surface area contributed by atoms with E-state index in [9.17, 15) is 4.79 Å². The molecule has 116 valence electrons. The van der Waals surface area contributed by atoms with E-state index in [1.54, 1.807) is 17.5 Å². The van der Waals surface area contributed by atoms with E-state index in [1.807, 2.05) is 27.2 Å². The van der Waals surface area contributed by atoms with Gasteiger partial charge < -0.3 is 4.90 Å². The molecule has 0 N–H and O–H groups in total. The molecule has 6 heteroatoms. The van der Waals surface area contributed by atoms with Gasteiger partial charge in [0.2, 0.25) is 0 Å². The molecule has 2 aromatic heterocycles. The summed E-state index contributed by atoms with van der Waals surface area (Å²) in [5.41, 5.74) is 0.638. The molecule has 0 aromatic carbocycles. The Bertz CT molecular complexity index is 647. The van der Waals surface area contributed by atoms with E-state index in [4.69, 9.17) is 0 Å². The molecular weight excluding hydrogens is 296 g/mol. The maximum Gasteiger partial charge on any atom is 0.273 e. The van der Waals surface area contributed by atoms with Crippen molar-refractivity contribution < 1.29 is 4.79 Å². The van der Waals surface area contributed by atoms with Gasteiger partial charge in [-0.1, -0.05) is 0 Å². The van der Waals surface area contributed by atoms with Crippen LogP contribution in [0.3, 0.4) is 0 Å². The Balaban J connectivity index is 1.50. The molecule has 2 aromatic rings. The molecule has 0 spiro atoms. The highest BCUT2D eigenvalue weighted by Gasteiger charge is 2.31. The first kappa shape index (κ1) is 13.9. The van der Waals surface area contributed by atoms with Gasteiger partial charge in [-0.3, -0.25) is 9.48 Å². The van der Waals surface area contributed by atoms with E-state index in [1.165, 1.54) is 19.3 Å². The zero-order chi connectivity index (χ0) is 14.9. The average molecular weight is 316 g/mol. The van der Waals surface area contributed by atoms with Gasteiger partial charge in [-0.15, -0.1) is 11.3 Å². The highest BCUT2D eigenvalue weighted by atomic mass is 32.1. The van der Waals surface area contributed by atoms with Gasteiger partial charge in [-0.05, 0) is 38.2 Å². The number of carbonyl (C=O) groups excluding carboxylic acids is 1. The fourth-order valence-electron chi connectivity index (χ4n) is 3.13. The van der Waals surface area contributed by atoms with E-state index in [0.29, 0.717) is 11.6 Å². The van der Waals surface area contributed by atoms with Crippen molar-refractivity contribution in [2.24, 2.45) is 0 Å². The molecule has 1 saturated carbocycles. The summed E-state index contributed by atoms with van der Waals surface area (Å²) < 4.78 is 1.92. The zero-order valence-corrected chi connectivity index (χ0v) is 13.3. The normalized spacial score (nSPS) is 22.0. The van der Waals surface area contributed by atoms with Crippen molar-refractivity contribution in [3.8, 4) is 0 Å². The third-order valence-corrected chi connectivity index (χ3v) is 5.52. The first-order valence-corrected chi connectivity index (χ1v) is 8.93. The molecule has 2 aliphatic rings. The molecule has 1 amide bonds. The lowest BCUT2D eigenvalue weighted by molar-refractivity contribution is 0.0578. The lowest BCUT2D eigenvalue weighted by Gasteiger charge is -2.35. The topological polar surface area (TPSA) is 51.0 Å². The Morgan fingerprint density at radius 2 is 2.23 bits per heavy atom. The van der Waals surface area contributed by atoms with Crippen LogP contribution in [0, 0.1) is 0 Å². The maximum atomic E-state index is 12.8. The molecule has 0 unspecified atom stereocenters. The second-order valence-electron chi connectivity index (χ2n) is 6.22. The van der Waals surface area contributed by atoms with Crippen molar-refractivity contribution in [1.29, 1.82) is 0 Å². The van der Waals surface area contributed by atoms with Crippen LogP contribution < -0.4 is 0 Å². The predicted molar refractivity (Wildman–Crippen MR) is 85.0 cm³/mol. The van der Waals surface area contributed by atoms with Gasteiger partial charge in [0.15, 0.2) is 0 Å². The first-order valence-electron chi connectivity index (χ1n) is 8.05. The number of rotatable bonds is 4. The van der Waals surface area contributed by atoms with Crippen molar-refractivity contribution in [2.45, 2.75) is 50.6 Å². The van der Waals surface area contributed by atoms with Crippen LogP contribution in [-0.2, 0) is 6.54 Å². The molecule has 0 bridgehead atoms. The number of nitrogens with zero attached hydrogens (tertiary/aromatic N) is 4. The highest BCUT2D eigenvalue weighted by molar-refractivity contribution is 7.10. The largest absolute Gasteiger partial charge is 0.332 e. The van der Waals surface area contributed by atoms with Crippen LogP contribution in [0.5, 0.6) is 0 Å². The molecule has 22 heavy (non-hydrogen) atoms. The molecule has 1 aliphatic carbocycles. The van der Waals surface area contributed by atoms with Crippen molar-refractivity contribution in [2.75, 3.05) is 6.54 Å². The summed E-state index contributed by atoms with van der Waals surface area (Å²) in [6.45, 7) is 1.61. The average Bonchev–Trinajstić information content (AvgIpc) is 3.06. The minimum absolute atomic E-state index is 0.0972. The summed E-state index contributed by atoms with van der Waals surface area (Å²) in [6, 6.07) is 2.16. The zero-order valence-electron chi connectivity index (χ0n) is 12.5. The SMILES string of the molecule is O=C(c1csc(C2CC2)n1)N1CCCC[C@@H]1Cn1cccn1. The second kappa shape index (κ2) is 5.83. The van der Waals surface area contributed by atoms with Crippen molar-refractivity contribution >= 4 is 17.2 Å². The fraction of sp³-hybridized carbons (Fsp3) is 0.562. The van der Waals surface area contributed by atoms with E-state index < -0.39 is 0 Å². The Labute approximate surface area is 134 Å². The van der Waals surface area contributed by atoms with E-state index in [0.717, 1.165) is 30.9 Å². The lowest BCUT2D eigenvalue weighted by Crippen LogP contribution is -2.46. The molecule has 0 radical (unpaired) electrons. The Hall–Kier alpha value is -1.69. The smallest absolute Gasteiger partial charge is 0.273 e. The van der Waals surface area contributed by atoms with Gasteiger partial charge in [0.05, 0.1) is 17.6 Å². The molecular formula is C16H20N4OS. The number of aromatic nitrogens is 3. The van der Waals surface area contributed by atoms with Crippen molar-refractivity contribution in [3.63, 3.8) is 0 Å². The number of hydrogen-bond donors (Lipinski definition) is 0. The van der Waals surface area contributed by atoms with Crippen molar-refractivity contribution in [3.05, 3.63) is 34.5 Å². The fourth-order valence-corrected chi connectivity index (χ4v) is 4.10. The molecule has 1 saturated heterocycles. The number of likely N-dealkylation sites (tertiary alicyclic amines) is 1. The van der Waals surface area contributed by atoms with Gasteiger partial charge in [0.25, 0.3) is 5.91 Å². The molecule has 5 nitrogen and oxygen atoms in total. The van der Waals surface area contributed by atoms with E-state index >= 15 is 0 Å². The van der Waals surface area contributed by atoms with E-state index in [2.05, 4.69) is 10.1 Å². The molecule has 4 rings (SSSR count). The minimum atomic E-state index is 0.0972. The number of hydrogen-bond acceptors (Lipinski definition) is 4. The summed E-state index contributed by atoms with van der Waals surface area (Å²) in [4.78, 5) is 19.4. The Morgan fingerprint density at radius 3 is 3.00 bits per heavy atom. The Kier molecular flexibility index (Phi) is 3.70. The summed E-state index contributed by atoms with van der Waals surface area (Å²) in [7, 11) is 0. The lowest BCUT2D eigenvalue weighted by atomic mass is 10.0. The minimum Gasteiger partial charge on any atom is -0.332 e. The molecule has 2 fully saturated rings. The van der Waals surface area contributed by atoms with Crippen LogP contribution in [0.15, 0.2) is 23.8 Å². The van der Waals surface area contributed by atoms with E-state index in [-0.39, 0.29) is 11.9 Å². The molecule has 1 atom stereocenters. The van der Waals surface area contributed by atoms with Gasteiger partial charge in [-0.25, -0.2) is 4.98 Å². The monoisotopic (exact) mass is 316 g/mol. The Morgan fingerprint density at radius 1 is 1.32 bits per heavy atom. The maximum absolute atomic E-state index is 12.8.